The third-order valence-corrected chi connectivity index (χ3v) is 4.01. The van der Waals surface area contributed by atoms with E-state index in [-0.39, 0.29) is 0 Å². The molecule has 3 rings (SSSR count). The van der Waals surface area contributed by atoms with Gasteiger partial charge in [0.05, 0.1) is 0 Å². The second kappa shape index (κ2) is 6.18. The Balaban J connectivity index is 1.75. The standard InChI is InChI=1S/C16H21N5/c1-13(2)20-5-7-21(8-6-20)16-9-14(3-4-19-16)15-10-17-12-18-11-15/h3-4,9-13H,5-8H2,1-2H3. The van der Waals surface area contributed by atoms with Crippen LogP contribution in [-0.4, -0.2) is 52.1 Å². The Bertz CT molecular complexity index is 576. The van der Waals surface area contributed by atoms with E-state index in [0.29, 0.717) is 6.04 Å². The van der Waals surface area contributed by atoms with E-state index < -0.39 is 0 Å². The molecule has 5 heteroatoms. The zero-order valence-corrected chi connectivity index (χ0v) is 12.6. The van der Waals surface area contributed by atoms with Crippen LogP contribution in [-0.2, 0) is 0 Å². The number of aromatic nitrogens is 3. The maximum atomic E-state index is 4.53. The van der Waals surface area contributed by atoms with Gasteiger partial charge >= 0.3 is 0 Å². The maximum Gasteiger partial charge on any atom is 0.129 e. The molecule has 0 radical (unpaired) electrons. The number of hydrogen-bond donors (Lipinski definition) is 0. The molecule has 1 aliphatic rings. The normalized spacial score (nSPS) is 16.4. The van der Waals surface area contributed by atoms with E-state index in [2.05, 4.69) is 44.7 Å². The highest BCUT2D eigenvalue weighted by Gasteiger charge is 2.19. The molecule has 1 saturated heterocycles. The van der Waals surface area contributed by atoms with Crippen molar-refractivity contribution in [3.63, 3.8) is 0 Å². The molecule has 110 valence electrons. The number of piperazine rings is 1. The van der Waals surface area contributed by atoms with Crippen LogP contribution in [0.15, 0.2) is 37.1 Å². The van der Waals surface area contributed by atoms with Crippen molar-refractivity contribution in [2.24, 2.45) is 0 Å². The molecule has 0 atom stereocenters. The minimum atomic E-state index is 0.618. The fraction of sp³-hybridized carbons (Fsp3) is 0.438. The van der Waals surface area contributed by atoms with Crippen LogP contribution < -0.4 is 4.90 Å². The Hall–Kier alpha value is -2.01. The second-order valence-corrected chi connectivity index (χ2v) is 5.65. The lowest BCUT2D eigenvalue weighted by Crippen LogP contribution is -2.49. The van der Waals surface area contributed by atoms with Gasteiger partial charge in [-0.15, -0.1) is 0 Å². The highest BCUT2D eigenvalue weighted by atomic mass is 15.3. The molecule has 0 amide bonds. The first-order valence-electron chi connectivity index (χ1n) is 7.44. The molecule has 0 bridgehead atoms. The Morgan fingerprint density at radius 2 is 1.71 bits per heavy atom. The van der Waals surface area contributed by atoms with Gasteiger partial charge in [0.15, 0.2) is 0 Å². The molecule has 1 aliphatic heterocycles. The molecule has 21 heavy (non-hydrogen) atoms. The van der Waals surface area contributed by atoms with Gasteiger partial charge in [0.25, 0.3) is 0 Å². The lowest BCUT2D eigenvalue weighted by molar-refractivity contribution is 0.209. The van der Waals surface area contributed by atoms with Crippen LogP contribution in [0.3, 0.4) is 0 Å². The summed E-state index contributed by atoms with van der Waals surface area (Å²) in [6.07, 6.45) is 7.09. The third-order valence-electron chi connectivity index (χ3n) is 4.01. The predicted molar refractivity (Wildman–Crippen MR) is 84.2 cm³/mol. The molecule has 0 spiro atoms. The van der Waals surface area contributed by atoms with E-state index in [1.165, 1.54) is 0 Å². The van der Waals surface area contributed by atoms with Crippen LogP contribution in [0.4, 0.5) is 5.82 Å². The second-order valence-electron chi connectivity index (χ2n) is 5.65. The van der Waals surface area contributed by atoms with Gasteiger partial charge in [-0.05, 0) is 31.5 Å². The van der Waals surface area contributed by atoms with Crippen LogP contribution >= 0.6 is 0 Å². The summed E-state index contributed by atoms with van der Waals surface area (Å²) in [5.74, 6) is 1.04. The van der Waals surface area contributed by atoms with E-state index in [1.54, 1.807) is 6.33 Å². The zero-order valence-electron chi connectivity index (χ0n) is 12.6. The SMILES string of the molecule is CC(C)N1CCN(c2cc(-c3cncnc3)ccn2)CC1. The average molecular weight is 283 g/mol. The summed E-state index contributed by atoms with van der Waals surface area (Å²) in [5.41, 5.74) is 2.15. The monoisotopic (exact) mass is 283 g/mol. The smallest absolute Gasteiger partial charge is 0.129 e. The van der Waals surface area contributed by atoms with Gasteiger partial charge in [-0.1, -0.05) is 0 Å². The first-order chi connectivity index (χ1) is 10.2. The largest absolute Gasteiger partial charge is 0.354 e. The molecule has 1 fully saturated rings. The molecule has 3 heterocycles. The predicted octanol–water partition coefficient (Wildman–Crippen LogP) is 2.07. The van der Waals surface area contributed by atoms with Crippen molar-refractivity contribution >= 4 is 5.82 Å². The molecule has 0 N–H and O–H groups in total. The summed E-state index contributed by atoms with van der Waals surface area (Å²) >= 11 is 0. The van der Waals surface area contributed by atoms with Crippen LogP contribution in [0, 0.1) is 0 Å². The van der Waals surface area contributed by atoms with Crippen molar-refractivity contribution in [2.75, 3.05) is 31.1 Å². The van der Waals surface area contributed by atoms with E-state index in [4.69, 9.17) is 0 Å². The fourth-order valence-corrected chi connectivity index (χ4v) is 2.69. The number of anilines is 1. The first-order valence-corrected chi connectivity index (χ1v) is 7.44. The van der Waals surface area contributed by atoms with Crippen molar-refractivity contribution in [3.8, 4) is 11.1 Å². The first kappa shape index (κ1) is 13.9. The molecule has 0 unspecified atom stereocenters. The Morgan fingerprint density at radius 1 is 1.00 bits per heavy atom. The molecule has 0 aliphatic carbocycles. The summed E-state index contributed by atoms with van der Waals surface area (Å²) in [6.45, 7) is 8.75. The van der Waals surface area contributed by atoms with Gasteiger partial charge in [0.2, 0.25) is 0 Å². The van der Waals surface area contributed by atoms with Crippen LogP contribution in [0.1, 0.15) is 13.8 Å². The zero-order chi connectivity index (χ0) is 14.7. The van der Waals surface area contributed by atoms with Gasteiger partial charge in [-0.25, -0.2) is 15.0 Å². The topological polar surface area (TPSA) is 45.2 Å². The Labute approximate surface area is 125 Å². The van der Waals surface area contributed by atoms with Gasteiger partial charge in [-0.2, -0.15) is 0 Å². The molecule has 0 saturated carbocycles. The average Bonchev–Trinajstić information content (AvgIpc) is 2.56. The van der Waals surface area contributed by atoms with Gasteiger partial charge < -0.3 is 4.90 Å². The number of pyridine rings is 1. The lowest BCUT2D eigenvalue weighted by Gasteiger charge is -2.37. The maximum absolute atomic E-state index is 4.53. The van der Waals surface area contributed by atoms with Gasteiger partial charge in [-0.3, -0.25) is 4.90 Å². The van der Waals surface area contributed by atoms with Crippen LogP contribution in [0.5, 0.6) is 0 Å². The van der Waals surface area contributed by atoms with Crippen molar-refractivity contribution in [1.29, 1.82) is 0 Å². The molecular formula is C16H21N5. The highest BCUT2D eigenvalue weighted by molar-refractivity contribution is 5.65. The minimum absolute atomic E-state index is 0.618. The summed E-state index contributed by atoms with van der Waals surface area (Å²) < 4.78 is 0. The minimum Gasteiger partial charge on any atom is -0.354 e. The quantitative estimate of drug-likeness (QED) is 0.863. The lowest BCUT2D eigenvalue weighted by atomic mass is 10.1. The molecule has 2 aromatic rings. The summed E-state index contributed by atoms with van der Waals surface area (Å²) in [5, 5.41) is 0. The Kier molecular flexibility index (Phi) is 4.10. The highest BCUT2D eigenvalue weighted by Crippen LogP contribution is 2.22. The Morgan fingerprint density at radius 3 is 2.38 bits per heavy atom. The number of nitrogens with zero attached hydrogens (tertiary/aromatic N) is 5. The van der Waals surface area contributed by atoms with Crippen LogP contribution in [0.2, 0.25) is 0 Å². The van der Waals surface area contributed by atoms with Crippen LogP contribution in [0.25, 0.3) is 11.1 Å². The van der Waals surface area contributed by atoms with Crippen molar-refractivity contribution in [3.05, 3.63) is 37.1 Å². The molecule has 5 nitrogen and oxygen atoms in total. The summed E-state index contributed by atoms with van der Waals surface area (Å²) in [7, 11) is 0. The van der Waals surface area contributed by atoms with Crippen molar-refractivity contribution in [1.82, 2.24) is 19.9 Å². The van der Waals surface area contributed by atoms with Crippen molar-refractivity contribution < 1.29 is 0 Å². The molecule has 2 aromatic heterocycles. The summed E-state index contributed by atoms with van der Waals surface area (Å²) in [4.78, 5) is 17.5. The fourth-order valence-electron chi connectivity index (χ4n) is 2.69. The third kappa shape index (κ3) is 3.19. The van der Waals surface area contributed by atoms with Crippen molar-refractivity contribution in [2.45, 2.75) is 19.9 Å². The summed E-state index contributed by atoms with van der Waals surface area (Å²) in [6, 6.07) is 4.75. The number of hydrogen-bond acceptors (Lipinski definition) is 5. The van der Waals surface area contributed by atoms with Gasteiger partial charge in [0, 0.05) is 56.4 Å². The van der Waals surface area contributed by atoms with E-state index in [0.717, 1.165) is 43.1 Å². The molecular weight excluding hydrogens is 262 g/mol. The van der Waals surface area contributed by atoms with E-state index >= 15 is 0 Å². The molecule has 0 aromatic carbocycles. The van der Waals surface area contributed by atoms with Gasteiger partial charge in [0.1, 0.15) is 12.1 Å². The van der Waals surface area contributed by atoms with E-state index in [1.807, 2.05) is 24.7 Å². The van der Waals surface area contributed by atoms with E-state index in [9.17, 15) is 0 Å². The number of rotatable bonds is 3.